The number of carbonyl (C=O) groups is 1. The van der Waals surface area contributed by atoms with Crippen molar-refractivity contribution in [2.75, 3.05) is 13.2 Å². The molecule has 0 heterocycles. The van der Waals surface area contributed by atoms with Crippen molar-refractivity contribution >= 4 is 5.78 Å². The zero-order valence-corrected chi connectivity index (χ0v) is 10.9. The fourth-order valence-corrected chi connectivity index (χ4v) is 2.96. The number of fused-ring (bicyclic) bond motifs is 2. The second-order valence-electron chi connectivity index (χ2n) is 5.94. The first-order chi connectivity index (χ1) is 7.79. The third kappa shape index (κ3) is 2.39. The molecule has 2 aliphatic carbocycles. The van der Waals surface area contributed by atoms with E-state index in [2.05, 4.69) is 20.8 Å². The minimum atomic E-state index is -0.954. The molecule has 0 radical (unpaired) electrons. The molecule has 0 saturated heterocycles. The van der Waals surface area contributed by atoms with E-state index in [0.717, 1.165) is 12.8 Å². The summed E-state index contributed by atoms with van der Waals surface area (Å²) in [5, 5.41) is 24.0. The Morgan fingerprint density at radius 3 is 1.94 bits per heavy atom. The van der Waals surface area contributed by atoms with Crippen molar-refractivity contribution in [3.8, 4) is 0 Å². The van der Waals surface area contributed by atoms with Gasteiger partial charge in [-0.15, -0.1) is 0 Å². The number of Topliss-reactive ketones (excluding diaryl/α,β-unsaturated/α-hetero) is 1. The monoisotopic (exact) mass is 244 g/mol. The third-order valence-electron chi connectivity index (χ3n) is 4.90. The first kappa shape index (κ1) is 14.6. The van der Waals surface area contributed by atoms with E-state index < -0.39 is 6.10 Å². The summed E-state index contributed by atoms with van der Waals surface area (Å²) < 4.78 is 0. The van der Waals surface area contributed by atoms with E-state index in [9.17, 15) is 4.79 Å². The Bertz CT molecular complexity index is 283. The van der Waals surface area contributed by atoms with Gasteiger partial charge in [0.15, 0.2) is 0 Å². The highest BCUT2D eigenvalue weighted by Crippen LogP contribution is 2.63. The van der Waals surface area contributed by atoms with Crippen LogP contribution in [0.1, 0.15) is 40.0 Å². The van der Waals surface area contributed by atoms with Crippen LogP contribution in [0.2, 0.25) is 0 Å². The van der Waals surface area contributed by atoms with Gasteiger partial charge in [-0.3, -0.25) is 4.79 Å². The van der Waals surface area contributed by atoms with Gasteiger partial charge in [0.2, 0.25) is 0 Å². The molecule has 2 aliphatic rings. The fraction of sp³-hybridized carbons (Fsp3) is 0.923. The minimum absolute atomic E-state index is 0.0255. The van der Waals surface area contributed by atoms with Gasteiger partial charge >= 0.3 is 0 Å². The lowest BCUT2D eigenvalue weighted by molar-refractivity contribution is -0.128. The van der Waals surface area contributed by atoms with Crippen LogP contribution in [0.15, 0.2) is 0 Å². The lowest BCUT2D eigenvalue weighted by Crippen LogP contribution is -2.32. The number of hydrogen-bond donors (Lipinski definition) is 3. The Morgan fingerprint density at radius 2 is 1.82 bits per heavy atom. The minimum Gasteiger partial charge on any atom is -0.394 e. The first-order valence-corrected chi connectivity index (χ1v) is 6.22. The molecule has 4 heteroatoms. The van der Waals surface area contributed by atoms with Gasteiger partial charge in [0.25, 0.3) is 0 Å². The average Bonchev–Trinajstić information content (AvgIpc) is 2.61. The lowest BCUT2D eigenvalue weighted by atomic mass is 9.70. The maximum Gasteiger partial charge on any atom is 0.139 e. The van der Waals surface area contributed by atoms with Crippen molar-refractivity contribution < 1.29 is 20.1 Å². The molecule has 0 spiro atoms. The number of carbonyl (C=O) groups excluding carboxylic acids is 1. The Balaban J connectivity index is 0.000000209. The van der Waals surface area contributed by atoms with E-state index in [1.54, 1.807) is 0 Å². The normalized spacial score (nSPS) is 33.8. The van der Waals surface area contributed by atoms with Crippen LogP contribution in [-0.4, -0.2) is 40.4 Å². The molecule has 2 fully saturated rings. The van der Waals surface area contributed by atoms with Crippen molar-refractivity contribution in [1.29, 1.82) is 0 Å². The molecule has 2 atom stereocenters. The number of hydrogen-bond acceptors (Lipinski definition) is 4. The molecular formula is C13H24O4. The topological polar surface area (TPSA) is 77.8 Å². The molecule has 2 unspecified atom stereocenters. The Kier molecular flexibility index (Phi) is 4.33. The highest BCUT2D eigenvalue weighted by molar-refractivity contribution is 5.89. The summed E-state index contributed by atoms with van der Waals surface area (Å²) in [7, 11) is 0. The van der Waals surface area contributed by atoms with Crippen molar-refractivity contribution in [2.45, 2.75) is 46.1 Å². The zero-order valence-electron chi connectivity index (χ0n) is 10.9. The molecule has 2 saturated carbocycles. The van der Waals surface area contributed by atoms with Gasteiger partial charge < -0.3 is 15.3 Å². The highest BCUT2D eigenvalue weighted by Gasteiger charge is 2.61. The Morgan fingerprint density at radius 1 is 1.29 bits per heavy atom. The van der Waals surface area contributed by atoms with Crippen molar-refractivity contribution in [3.05, 3.63) is 0 Å². The van der Waals surface area contributed by atoms with Gasteiger partial charge in [-0.25, -0.2) is 0 Å². The van der Waals surface area contributed by atoms with Crippen LogP contribution in [0.5, 0.6) is 0 Å². The molecular weight excluding hydrogens is 220 g/mol. The molecule has 0 aliphatic heterocycles. The molecule has 100 valence electrons. The zero-order chi connectivity index (χ0) is 13.3. The molecule has 3 N–H and O–H groups in total. The number of ketones is 1. The SMILES string of the molecule is CC12CCC(CC1=O)C2(C)C.OCC(O)CO. The van der Waals surface area contributed by atoms with Crippen LogP contribution in [-0.2, 0) is 4.79 Å². The number of aliphatic hydroxyl groups excluding tert-OH is 3. The predicted octanol–water partition coefficient (Wildman–Crippen LogP) is 0.734. The first-order valence-electron chi connectivity index (χ1n) is 6.22. The maximum absolute atomic E-state index is 11.6. The summed E-state index contributed by atoms with van der Waals surface area (Å²) in [5.41, 5.74) is 0.307. The van der Waals surface area contributed by atoms with Crippen molar-refractivity contribution in [3.63, 3.8) is 0 Å². The molecule has 0 amide bonds. The van der Waals surface area contributed by atoms with Crippen molar-refractivity contribution in [2.24, 2.45) is 16.7 Å². The number of aliphatic hydroxyl groups is 3. The second kappa shape index (κ2) is 5.04. The highest BCUT2D eigenvalue weighted by atomic mass is 16.3. The summed E-state index contributed by atoms with van der Waals surface area (Å²) in [5.74, 6) is 1.19. The Hall–Kier alpha value is -0.450. The van der Waals surface area contributed by atoms with Crippen LogP contribution < -0.4 is 0 Å². The van der Waals surface area contributed by atoms with E-state index in [-0.39, 0.29) is 24.0 Å². The molecule has 2 rings (SSSR count). The van der Waals surface area contributed by atoms with E-state index >= 15 is 0 Å². The van der Waals surface area contributed by atoms with Crippen LogP contribution in [0.3, 0.4) is 0 Å². The second-order valence-corrected chi connectivity index (χ2v) is 5.94. The summed E-state index contributed by atoms with van der Waals surface area (Å²) >= 11 is 0. The summed E-state index contributed by atoms with van der Waals surface area (Å²) in [4.78, 5) is 11.6. The summed E-state index contributed by atoms with van der Waals surface area (Å²) in [6, 6.07) is 0. The largest absolute Gasteiger partial charge is 0.394 e. The van der Waals surface area contributed by atoms with E-state index in [4.69, 9.17) is 15.3 Å². The van der Waals surface area contributed by atoms with E-state index in [1.165, 1.54) is 6.42 Å². The van der Waals surface area contributed by atoms with Crippen LogP contribution in [0.4, 0.5) is 0 Å². The standard InChI is InChI=1S/C10H16O.C3H8O3/c1-9(2)7-4-5-10(9,3)8(11)6-7;4-1-3(6)2-5/h7H,4-6H2,1-3H3;3-6H,1-2H2. The molecule has 0 aromatic rings. The van der Waals surface area contributed by atoms with Crippen LogP contribution in [0, 0.1) is 16.7 Å². The molecule has 17 heavy (non-hydrogen) atoms. The van der Waals surface area contributed by atoms with Crippen LogP contribution in [0.25, 0.3) is 0 Å². The predicted molar refractivity (Wildman–Crippen MR) is 64.4 cm³/mol. The van der Waals surface area contributed by atoms with Gasteiger partial charge in [-0.05, 0) is 24.2 Å². The summed E-state index contributed by atoms with van der Waals surface area (Å²) in [6.07, 6.45) is 2.30. The molecule has 4 nitrogen and oxygen atoms in total. The lowest BCUT2D eigenvalue weighted by Gasteiger charge is -2.32. The van der Waals surface area contributed by atoms with Gasteiger partial charge in [-0.1, -0.05) is 20.8 Å². The van der Waals surface area contributed by atoms with Gasteiger partial charge in [0.1, 0.15) is 11.9 Å². The van der Waals surface area contributed by atoms with Gasteiger partial charge in [-0.2, -0.15) is 0 Å². The summed E-state index contributed by atoms with van der Waals surface area (Å²) in [6.45, 7) is 5.94. The van der Waals surface area contributed by atoms with E-state index in [1.807, 2.05) is 0 Å². The number of rotatable bonds is 2. The molecule has 0 aromatic carbocycles. The smallest absolute Gasteiger partial charge is 0.139 e. The van der Waals surface area contributed by atoms with Crippen molar-refractivity contribution in [1.82, 2.24) is 0 Å². The van der Waals surface area contributed by atoms with Crippen LogP contribution >= 0.6 is 0 Å². The Labute approximate surface area is 103 Å². The average molecular weight is 244 g/mol. The third-order valence-corrected chi connectivity index (χ3v) is 4.90. The van der Waals surface area contributed by atoms with Gasteiger partial charge in [0.05, 0.1) is 13.2 Å². The van der Waals surface area contributed by atoms with Gasteiger partial charge in [0, 0.05) is 11.8 Å². The maximum atomic E-state index is 11.6. The molecule has 2 bridgehead atoms. The van der Waals surface area contributed by atoms with E-state index in [0.29, 0.717) is 11.7 Å². The molecule has 0 aromatic heterocycles. The fourth-order valence-electron chi connectivity index (χ4n) is 2.96. The quantitative estimate of drug-likeness (QED) is 0.669.